The van der Waals surface area contributed by atoms with Gasteiger partial charge in [-0.1, -0.05) is 6.07 Å². The molecule has 0 radical (unpaired) electrons. The van der Waals surface area contributed by atoms with Crippen LogP contribution in [0.25, 0.3) is 0 Å². The minimum atomic E-state index is -1.01. The number of carbonyl (C=O) groups is 1. The van der Waals surface area contributed by atoms with E-state index in [0.717, 1.165) is 0 Å². The number of amides is 1. The number of aliphatic hydroxyl groups is 1. The molecule has 0 unspecified atom stereocenters. The lowest BCUT2D eigenvalue weighted by molar-refractivity contribution is 0.0312. The third-order valence-corrected chi connectivity index (χ3v) is 2.73. The first-order valence-corrected chi connectivity index (χ1v) is 6.73. The second-order valence-corrected chi connectivity index (χ2v) is 5.18. The van der Waals surface area contributed by atoms with Gasteiger partial charge in [0.05, 0.1) is 17.8 Å². The molecule has 0 aromatic heterocycles. The first-order chi connectivity index (χ1) is 9.30. The van der Waals surface area contributed by atoms with Crippen molar-refractivity contribution in [1.82, 2.24) is 4.90 Å². The molecule has 0 atom stereocenters. The molecule has 0 saturated carbocycles. The van der Waals surface area contributed by atoms with E-state index in [9.17, 15) is 14.3 Å². The summed E-state index contributed by atoms with van der Waals surface area (Å²) < 4.78 is 19.0. The Morgan fingerprint density at radius 2 is 2.05 bits per heavy atom. The van der Waals surface area contributed by atoms with Crippen molar-refractivity contribution in [3.63, 3.8) is 0 Å². The number of hydrogen-bond acceptors (Lipinski definition) is 3. The van der Waals surface area contributed by atoms with Crippen molar-refractivity contribution < 1.29 is 19.0 Å². The Hall–Kier alpha value is -1.62. The largest absolute Gasteiger partial charge is 0.490 e. The van der Waals surface area contributed by atoms with Crippen LogP contribution < -0.4 is 4.74 Å². The Morgan fingerprint density at radius 1 is 1.40 bits per heavy atom. The van der Waals surface area contributed by atoms with E-state index >= 15 is 0 Å². The second kappa shape index (κ2) is 6.70. The van der Waals surface area contributed by atoms with Gasteiger partial charge in [-0.3, -0.25) is 4.79 Å². The van der Waals surface area contributed by atoms with Crippen LogP contribution in [0, 0.1) is 5.82 Å². The molecular weight excluding hydrogens is 261 g/mol. The summed E-state index contributed by atoms with van der Waals surface area (Å²) in [4.78, 5) is 13.9. The summed E-state index contributed by atoms with van der Waals surface area (Å²) in [5, 5.41) is 9.84. The van der Waals surface area contributed by atoms with E-state index in [-0.39, 0.29) is 30.4 Å². The van der Waals surface area contributed by atoms with E-state index in [1.165, 1.54) is 23.1 Å². The Bertz CT molecular complexity index is 469. The number of benzene rings is 1. The lowest BCUT2D eigenvalue weighted by atomic mass is 10.1. The van der Waals surface area contributed by atoms with Gasteiger partial charge < -0.3 is 14.7 Å². The maximum absolute atomic E-state index is 13.8. The zero-order valence-electron chi connectivity index (χ0n) is 12.4. The normalized spacial score (nSPS) is 11.3. The number of halogens is 1. The molecule has 0 saturated heterocycles. The van der Waals surface area contributed by atoms with Crippen molar-refractivity contribution >= 4 is 5.91 Å². The molecule has 1 aromatic carbocycles. The average molecular weight is 283 g/mol. The minimum Gasteiger partial charge on any atom is -0.490 e. The molecule has 0 aliphatic heterocycles. The SMILES string of the molecule is CCOc1c(F)cccc1C(=O)N(CC)CC(C)(C)O. The Balaban J connectivity index is 3.09. The number of nitrogens with zero attached hydrogens (tertiary/aromatic N) is 1. The smallest absolute Gasteiger partial charge is 0.257 e. The van der Waals surface area contributed by atoms with Crippen LogP contribution in [0.4, 0.5) is 4.39 Å². The van der Waals surface area contributed by atoms with Crippen LogP contribution in [0.15, 0.2) is 18.2 Å². The average Bonchev–Trinajstić information content (AvgIpc) is 2.36. The third kappa shape index (κ3) is 4.20. The fraction of sp³-hybridized carbons (Fsp3) is 0.533. The molecule has 1 amide bonds. The van der Waals surface area contributed by atoms with Crippen LogP contribution in [0.5, 0.6) is 5.75 Å². The summed E-state index contributed by atoms with van der Waals surface area (Å²) in [7, 11) is 0. The first kappa shape index (κ1) is 16.4. The molecule has 1 N–H and O–H groups in total. The number of rotatable bonds is 6. The van der Waals surface area contributed by atoms with Crippen LogP contribution >= 0.6 is 0 Å². The minimum absolute atomic E-state index is 0.0332. The van der Waals surface area contributed by atoms with E-state index in [0.29, 0.717) is 6.54 Å². The van der Waals surface area contributed by atoms with Crippen LogP contribution in [0.3, 0.4) is 0 Å². The summed E-state index contributed by atoms with van der Waals surface area (Å²) in [6, 6.07) is 4.26. The molecule has 0 bridgehead atoms. The molecule has 1 aromatic rings. The molecule has 112 valence electrons. The van der Waals surface area contributed by atoms with Gasteiger partial charge in [-0.2, -0.15) is 0 Å². The molecule has 5 heteroatoms. The highest BCUT2D eigenvalue weighted by atomic mass is 19.1. The topological polar surface area (TPSA) is 49.8 Å². The summed E-state index contributed by atoms with van der Waals surface area (Å²) >= 11 is 0. The molecule has 4 nitrogen and oxygen atoms in total. The lowest BCUT2D eigenvalue weighted by Gasteiger charge is -2.28. The zero-order valence-corrected chi connectivity index (χ0v) is 12.4. The fourth-order valence-electron chi connectivity index (χ4n) is 1.93. The number of para-hydroxylation sites is 1. The lowest BCUT2D eigenvalue weighted by Crippen LogP contribution is -2.42. The highest BCUT2D eigenvalue weighted by Crippen LogP contribution is 2.24. The van der Waals surface area contributed by atoms with Gasteiger partial charge in [0.2, 0.25) is 0 Å². The first-order valence-electron chi connectivity index (χ1n) is 6.73. The number of ether oxygens (including phenoxy) is 1. The van der Waals surface area contributed by atoms with Gasteiger partial charge >= 0.3 is 0 Å². The maximum atomic E-state index is 13.8. The quantitative estimate of drug-likeness (QED) is 0.872. The summed E-state index contributed by atoms with van der Waals surface area (Å²) in [6.45, 7) is 7.66. The maximum Gasteiger partial charge on any atom is 0.257 e. The molecule has 20 heavy (non-hydrogen) atoms. The Kier molecular flexibility index (Phi) is 5.51. The van der Waals surface area contributed by atoms with Gasteiger partial charge in [0.25, 0.3) is 5.91 Å². The number of hydrogen-bond donors (Lipinski definition) is 1. The van der Waals surface area contributed by atoms with E-state index in [1.807, 2.05) is 6.92 Å². The molecule has 0 aliphatic carbocycles. The number of likely N-dealkylation sites (N-methyl/N-ethyl adjacent to an activating group) is 1. The monoisotopic (exact) mass is 283 g/mol. The van der Waals surface area contributed by atoms with Gasteiger partial charge in [-0.25, -0.2) is 4.39 Å². The van der Waals surface area contributed by atoms with Crippen LogP contribution in [-0.4, -0.2) is 41.2 Å². The highest BCUT2D eigenvalue weighted by molar-refractivity contribution is 5.97. The highest BCUT2D eigenvalue weighted by Gasteiger charge is 2.25. The van der Waals surface area contributed by atoms with Gasteiger partial charge in [0, 0.05) is 13.1 Å². The van der Waals surface area contributed by atoms with E-state index in [1.54, 1.807) is 20.8 Å². The molecule has 0 heterocycles. The van der Waals surface area contributed by atoms with Crippen LogP contribution in [0.2, 0.25) is 0 Å². The summed E-state index contributed by atoms with van der Waals surface area (Å²) in [5.41, 5.74) is -0.830. The van der Waals surface area contributed by atoms with Crippen molar-refractivity contribution in [2.75, 3.05) is 19.7 Å². The van der Waals surface area contributed by atoms with Crippen molar-refractivity contribution in [2.45, 2.75) is 33.3 Å². The zero-order chi connectivity index (χ0) is 15.3. The Morgan fingerprint density at radius 3 is 2.55 bits per heavy atom. The van der Waals surface area contributed by atoms with Gasteiger partial charge in [-0.15, -0.1) is 0 Å². The molecule has 0 spiro atoms. The standard InChI is InChI=1S/C15H22FNO3/c1-5-17(10-15(3,4)19)14(18)11-8-7-9-12(16)13(11)20-6-2/h7-9,19H,5-6,10H2,1-4H3. The van der Waals surface area contributed by atoms with Gasteiger partial charge in [0.15, 0.2) is 11.6 Å². The predicted octanol–water partition coefficient (Wildman–Crippen LogP) is 2.46. The van der Waals surface area contributed by atoms with E-state index in [4.69, 9.17) is 4.74 Å². The molecule has 1 rings (SSSR count). The van der Waals surface area contributed by atoms with Crippen molar-refractivity contribution in [1.29, 1.82) is 0 Å². The summed E-state index contributed by atoms with van der Waals surface area (Å²) in [6.07, 6.45) is 0. The molecule has 0 aliphatic rings. The van der Waals surface area contributed by atoms with Crippen LogP contribution in [0.1, 0.15) is 38.1 Å². The third-order valence-electron chi connectivity index (χ3n) is 2.73. The van der Waals surface area contributed by atoms with Crippen LogP contribution in [-0.2, 0) is 0 Å². The number of carbonyl (C=O) groups excluding carboxylic acids is 1. The van der Waals surface area contributed by atoms with E-state index < -0.39 is 11.4 Å². The van der Waals surface area contributed by atoms with Crippen molar-refractivity contribution in [3.8, 4) is 5.75 Å². The summed E-state index contributed by atoms with van der Waals surface area (Å²) in [5.74, 6) is -0.941. The second-order valence-electron chi connectivity index (χ2n) is 5.18. The fourth-order valence-corrected chi connectivity index (χ4v) is 1.93. The van der Waals surface area contributed by atoms with Crippen molar-refractivity contribution in [2.24, 2.45) is 0 Å². The molecule has 0 fully saturated rings. The predicted molar refractivity (Wildman–Crippen MR) is 75.4 cm³/mol. The van der Waals surface area contributed by atoms with Gasteiger partial charge in [-0.05, 0) is 39.8 Å². The van der Waals surface area contributed by atoms with E-state index in [2.05, 4.69) is 0 Å². The Labute approximate surface area is 119 Å². The molecular formula is C15H22FNO3. The van der Waals surface area contributed by atoms with Gasteiger partial charge in [0.1, 0.15) is 0 Å². The van der Waals surface area contributed by atoms with Crippen molar-refractivity contribution in [3.05, 3.63) is 29.6 Å².